The van der Waals surface area contributed by atoms with Crippen LogP contribution in [-0.4, -0.2) is 50.6 Å². The summed E-state index contributed by atoms with van der Waals surface area (Å²) >= 11 is 8.26. The molecule has 1 saturated heterocycles. The van der Waals surface area contributed by atoms with E-state index >= 15 is 0 Å². The van der Waals surface area contributed by atoms with E-state index in [9.17, 15) is 9.59 Å². The number of carbonyl (C=O) groups is 2. The normalized spacial score (nSPS) is 23.0. The number of rotatable bonds is 7. The number of amides is 2. The number of imidazole rings is 1. The van der Waals surface area contributed by atoms with Crippen molar-refractivity contribution < 1.29 is 19.1 Å². The lowest BCUT2D eigenvalue weighted by molar-refractivity contribution is -0.136. The van der Waals surface area contributed by atoms with Crippen molar-refractivity contribution in [3.63, 3.8) is 0 Å². The molecule has 11 heteroatoms. The molecule has 2 aromatic carbocycles. The average molecular weight is 682 g/mol. The highest BCUT2D eigenvalue weighted by atomic mass is 35.5. The van der Waals surface area contributed by atoms with Crippen LogP contribution in [0.2, 0.25) is 5.02 Å². The highest BCUT2D eigenvalue weighted by molar-refractivity contribution is 7.12. The number of thiophene rings is 1. The van der Waals surface area contributed by atoms with E-state index in [0.29, 0.717) is 16.9 Å². The van der Waals surface area contributed by atoms with E-state index in [1.165, 1.54) is 29.7 Å². The first-order valence-electron chi connectivity index (χ1n) is 16.7. The Labute approximate surface area is 287 Å². The first kappa shape index (κ1) is 29.8. The van der Waals surface area contributed by atoms with Crippen LogP contribution >= 0.6 is 22.9 Å². The number of piperidine rings is 1. The fourth-order valence-electron chi connectivity index (χ4n) is 7.64. The van der Waals surface area contributed by atoms with E-state index in [2.05, 4.69) is 57.3 Å². The number of methoxy groups -OCH3 is 1. The fraction of sp³-hybridized carbons (Fsp3) is 0.378. The molecule has 4 aliphatic rings. The van der Waals surface area contributed by atoms with E-state index < -0.39 is 12.1 Å². The third-order valence-corrected chi connectivity index (χ3v) is 11.9. The zero-order chi connectivity index (χ0) is 32.8. The van der Waals surface area contributed by atoms with Crippen LogP contribution in [0.4, 0.5) is 4.79 Å². The number of nitrogens with zero attached hydrogens (tertiary/aromatic N) is 3. The predicted octanol–water partition coefficient (Wildman–Crippen LogP) is 8.27. The molecule has 5 heterocycles. The van der Waals surface area contributed by atoms with E-state index in [1.54, 1.807) is 0 Å². The van der Waals surface area contributed by atoms with E-state index in [4.69, 9.17) is 26.1 Å². The van der Waals surface area contributed by atoms with Crippen LogP contribution in [-0.2, 0) is 9.53 Å². The number of aromatic amines is 1. The number of benzene rings is 2. The molecule has 0 radical (unpaired) electrons. The summed E-state index contributed by atoms with van der Waals surface area (Å²) in [4.78, 5) is 38.8. The van der Waals surface area contributed by atoms with Crippen molar-refractivity contribution in [1.82, 2.24) is 24.8 Å². The van der Waals surface area contributed by atoms with Crippen LogP contribution in [0.3, 0.4) is 0 Å². The number of nitrogens with one attached hydrogen (secondary N) is 2. The van der Waals surface area contributed by atoms with Gasteiger partial charge in [-0.2, -0.15) is 0 Å². The minimum atomic E-state index is -0.671. The van der Waals surface area contributed by atoms with Crippen molar-refractivity contribution in [3.05, 3.63) is 81.4 Å². The van der Waals surface area contributed by atoms with Crippen LogP contribution in [0.15, 0.2) is 60.8 Å². The summed E-state index contributed by atoms with van der Waals surface area (Å²) in [5, 5.41) is 4.54. The number of aromatic nitrogens is 3. The van der Waals surface area contributed by atoms with Gasteiger partial charge in [-0.1, -0.05) is 31.5 Å². The van der Waals surface area contributed by atoms with Crippen LogP contribution < -0.4 is 10.1 Å². The number of likely N-dealkylation sites (tertiary alicyclic amines) is 1. The number of halogens is 1. The molecular formula is C37H36ClN5O4S. The number of H-pyrrole nitrogens is 1. The maximum atomic E-state index is 13.9. The molecule has 2 amide bonds. The number of hydrogen-bond acceptors (Lipinski definition) is 6. The van der Waals surface area contributed by atoms with Crippen molar-refractivity contribution in [2.75, 3.05) is 7.11 Å². The minimum absolute atomic E-state index is 0.0910. The Morgan fingerprint density at radius 2 is 1.92 bits per heavy atom. The van der Waals surface area contributed by atoms with Crippen molar-refractivity contribution in [1.29, 1.82) is 0 Å². The zero-order valence-corrected chi connectivity index (χ0v) is 28.5. The van der Waals surface area contributed by atoms with Crippen molar-refractivity contribution in [2.45, 2.75) is 69.8 Å². The van der Waals surface area contributed by atoms with Gasteiger partial charge in [0, 0.05) is 32.5 Å². The van der Waals surface area contributed by atoms with Gasteiger partial charge in [0.15, 0.2) is 0 Å². The molecule has 2 saturated carbocycles. The molecule has 9 rings (SSSR count). The Kier molecular flexibility index (Phi) is 6.92. The lowest BCUT2D eigenvalue weighted by atomic mass is 10.0. The van der Waals surface area contributed by atoms with E-state index in [1.807, 2.05) is 48.4 Å². The second-order valence-corrected chi connectivity index (χ2v) is 15.5. The number of carbonyl (C=O) groups excluding carboxylic acids is 2. The van der Waals surface area contributed by atoms with Gasteiger partial charge in [-0.05, 0) is 92.0 Å². The Morgan fingerprint density at radius 3 is 2.71 bits per heavy atom. The lowest BCUT2D eigenvalue weighted by Gasteiger charge is -2.32. The molecule has 5 atom stereocenters. The first-order valence-corrected chi connectivity index (χ1v) is 17.9. The summed E-state index contributed by atoms with van der Waals surface area (Å²) in [6.45, 7) is 3.86. The highest BCUT2D eigenvalue weighted by Gasteiger charge is 2.56. The Morgan fingerprint density at radius 1 is 1.08 bits per heavy atom. The number of hydrogen-bond donors (Lipinski definition) is 2. The predicted molar refractivity (Wildman–Crippen MR) is 185 cm³/mol. The van der Waals surface area contributed by atoms with Crippen LogP contribution in [0, 0.1) is 11.8 Å². The third kappa shape index (κ3) is 4.91. The SMILES string of the molecule is COC(=O)N[C@H](C(=O)N1[C@@H]2CC2C[C@H]1c1ncc(-c2ccc3c(c2)OC(c2ccc(C4CC4)s2)n2c-3cc3cc(Cl)ccc32)[nH]1)C(C)C. The van der Waals surface area contributed by atoms with Crippen LogP contribution in [0.1, 0.15) is 73.3 Å². The van der Waals surface area contributed by atoms with Crippen LogP contribution in [0.5, 0.6) is 5.75 Å². The summed E-state index contributed by atoms with van der Waals surface area (Å²) in [6.07, 6.45) is 5.30. The van der Waals surface area contributed by atoms with Gasteiger partial charge >= 0.3 is 6.09 Å². The van der Waals surface area contributed by atoms with E-state index in [0.717, 1.165) is 57.8 Å². The monoisotopic (exact) mass is 681 g/mol. The Bertz CT molecular complexity index is 2100. The topological polar surface area (TPSA) is 101 Å². The smallest absolute Gasteiger partial charge is 0.407 e. The van der Waals surface area contributed by atoms with Gasteiger partial charge in [0.2, 0.25) is 12.1 Å². The first-order chi connectivity index (χ1) is 23.3. The Hall–Kier alpha value is -4.28. The molecule has 2 aliphatic heterocycles. The second-order valence-electron chi connectivity index (χ2n) is 13.9. The molecule has 2 aliphatic carbocycles. The fourth-order valence-corrected chi connectivity index (χ4v) is 9.02. The minimum Gasteiger partial charge on any atom is -0.464 e. The summed E-state index contributed by atoms with van der Waals surface area (Å²) < 4.78 is 14.0. The standard InChI is InChI=1S/C37H36ClN5O4S/c1-18(2)33(41-37(45)46-3)35(44)42-27-13-22(27)15-29(42)34-39-17-25(40-34)20-6-8-24-28-14-21-12-23(38)7-9-26(21)43(28)36(47-30(24)16-20)32-11-10-31(48-32)19-4-5-19/h6-12,14,16-19,22,27,29,33,36H,4-5,13,15H2,1-3H3,(H,39,40)(H,41,45)/t22?,27-,29+,33+,36?/m1/s1. The average Bonchev–Trinajstić information content (AvgIpc) is 3.80. The van der Waals surface area contributed by atoms with Crippen molar-refractivity contribution in [3.8, 4) is 28.3 Å². The zero-order valence-electron chi connectivity index (χ0n) is 26.9. The molecule has 2 N–H and O–H groups in total. The summed E-state index contributed by atoms with van der Waals surface area (Å²) in [5.74, 6) is 2.51. The number of fused-ring (bicyclic) bond motifs is 6. The van der Waals surface area contributed by atoms with Gasteiger partial charge in [-0.25, -0.2) is 9.78 Å². The largest absolute Gasteiger partial charge is 0.464 e. The molecule has 3 fully saturated rings. The second kappa shape index (κ2) is 11.1. The molecule has 2 unspecified atom stereocenters. The maximum absolute atomic E-state index is 13.9. The van der Waals surface area contributed by atoms with Gasteiger partial charge in [0.25, 0.3) is 0 Å². The van der Waals surface area contributed by atoms with Crippen LogP contribution in [0.25, 0.3) is 33.4 Å². The molecule has 0 spiro atoms. The third-order valence-electron chi connectivity index (χ3n) is 10.4. The van der Waals surface area contributed by atoms with Gasteiger partial charge < -0.3 is 24.7 Å². The molecule has 3 aromatic heterocycles. The lowest BCUT2D eigenvalue weighted by Crippen LogP contribution is -2.52. The van der Waals surface area contributed by atoms with Gasteiger partial charge in [0.05, 0.1) is 41.1 Å². The molecular weight excluding hydrogens is 646 g/mol. The van der Waals surface area contributed by atoms with Gasteiger partial charge in [-0.15, -0.1) is 11.3 Å². The van der Waals surface area contributed by atoms with Crippen molar-refractivity contribution >= 4 is 45.8 Å². The molecule has 48 heavy (non-hydrogen) atoms. The summed E-state index contributed by atoms with van der Waals surface area (Å²) in [7, 11) is 1.31. The maximum Gasteiger partial charge on any atom is 0.407 e. The highest BCUT2D eigenvalue weighted by Crippen LogP contribution is 2.54. The molecule has 246 valence electrons. The molecule has 0 bridgehead atoms. The number of alkyl carbamates (subject to hydrolysis) is 1. The quantitative estimate of drug-likeness (QED) is 0.180. The molecule has 9 nitrogen and oxygen atoms in total. The summed E-state index contributed by atoms with van der Waals surface area (Å²) in [6, 6.07) is 18.3. The van der Waals surface area contributed by atoms with E-state index in [-0.39, 0.29) is 30.1 Å². The molecule has 5 aromatic rings. The van der Waals surface area contributed by atoms with Gasteiger partial charge in [0.1, 0.15) is 17.6 Å². The number of ether oxygens (including phenoxy) is 2. The Balaban J connectivity index is 1.05. The van der Waals surface area contributed by atoms with Crippen molar-refractivity contribution in [2.24, 2.45) is 11.8 Å². The van der Waals surface area contributed by atoms with Gasteiger partial charge in [-0.3, -0.25) is 9.36 Å². The summed E-state index contributed by atoms with van der Waals surface area (Å²) in [5.41, 5.74) is 5.02.